The number of carbonyl (C=O) groups excluding carboxylic acids is 1. The maximum atomic E-state index is 11.4. The molecule has 1 rings (SSSR count). The Morgan fingerprint density at radius 3 is 2.53 bits per heavy atom. The van der Waals surface area contributed by atoms with Crippen LogP contribution in [-0.4, -0.2) is 18.6 Å². The van der Waals surface area contributed by atoms with E-state index in [-0.39, 0.29) is 0 Å². The number of esters is 1. The van der Waals surface area contributed by atoms with Gasteiger partial charge in [0.05, 0.1) is 7.11 Å². The van der Waals surface area contributed by atoms with Gasteiger partial charge in [-0.15, -0.1) is 0 Å². The molecule has 3 heteroatoms. The molecule has 1 aromatic rings. The molecule has 0 amide bonds. The van der Waals surface area contributed by atoms with Crippen molar-refractivity contribution in [3.05, 3.63) is 54.1 Å². The van der Waals surface area contributed by atoms with Gasteiger partial charge >= 0.3 is 5.97 Å². The Balaban J connectivity index is 2.79. The Labute approximate surface area is 102 Å². The minimum absolute atomic E-state index is 0.500. The number of hydrogen-bond acceptors (Lipinski definition) is 3. The lowest BCUT2D eigenvalue weighted by atomic mass is 9.93. The lowest BCUT2D eigenvalue weighted by Crippen LogP contribution is -2.46. The van der Waals surface area contributed by atoms with Crippen LogP contribution in [0.3, 0.4) is 0 Å². The molecule has 3 nitrogen and oxygen atoms in total. The predicted octanol–water partition coefficient (Wildman–Crippen LogP) is 2.15. The van der Waals surface area contributed by atoms with Gasteiger partial charge in [-0.2, -0.15) is 0 Å². The molecule has 0 heterocycles. The average Bonchev–Trinajstić information content (AvgIpc) is 2.35. The number of methoxy groups -OCH3 is 1. The molecule has 90 valence electrons. The molecule has 0 bridgehead atoms. The van der Waals surface area contributed by atoms with Crippen LogP contribution < -0.4 is 5.73 Å². The molecular formula is C14H17NO2. The molecule has 0 unspecified atom stereocenters. The van der Waals surface area contributed by atoms with E-state index in [4.69, 9.17) is 5.73 Å². The summed E-state index contributed by atoms with van der Waals surface area (Å²) in [5, 5.41) is 0. The Morgan fingerprint density at radius 1 is 1.41 bits per heavy atom. The van der Waals surface area contributed by atoms with Crippen molar-refractivity contribution in [2.75, 3.05) is 7.11 Å². The molecule has 0 aromatic heterocycles. The topological polar surface area (TPSA) is 52.3 Å². The standard InChI is InChI=1S/C14H17NO2/c1-11(14(2,15)13(16)17-3)9-10-12-7-5-4-6-8-12/h4-10H,1,15H2,2-3H3/b10-9+/t14-/m0/s1. The fraction of sp³-hybridized carbons (Fsp3) is 0.214. The summed E-state index contributed by atoms with van der Waals surface area (Å²) in [6.45, 7) is 5.38. The average molecular weight is 231 g/mol. The largest absolute Gasteiger partial charge is 0.467 e. The summed E-state index contributed by atoms with van der Waals surface area (Å²) in [6.07, 6.45) is 3.59. The van der Waals surface area contributed by atoms with Crippen molar-refractivity contribution >= 4 is 12.0 Å². The zero-order valence-corrected chi connectivity index (χ0v) is 10.1. The fourth-order valence-corrected chi connectivity index (χ4v) is 1.28. The lowest BCUT2D eigenvalue weighted by Gasteiger charge is -2.21. The Kier molecular flexibility index (Phi) is 4.24. The highest BCUT2D eigenvalue weighted by Crippen LogP contribution is 2.16. The van der Waals surface area contributed by atoms with Crippen molar-refractivity contribution < 1.29 is 9.53 Å². The highest BCUT2D eigenvalue weighted by atomic mass is 16.5. The minimum Gasteiger partial charge on any atom is -0.467 e. The van der Waals surface area contributed by atoms with Gasteiger partial charge in [0, 0.05) is 0 Å². The maximum Gasteiger partial charge on any atom is 0.330 e. The summed E-state index contributed by atoms with van der Waals surface area (Å²) >= 11 is 0. The van der Waals surface area contributed by atoms with E-state index in [0.717, 1.165) is 5.56 Å². The summed E-state index contributed by atoms with van der Waals surface area (Å²) in [7, 11) is 1.31. The normalized spacial score (nSPS) is 14.3. The first-order chi connectivity index (χ1) is 7.98. The van der Waals surface area contributed by atoms with Gasteiger partial charge in [0.2, 0.25) is 0 Å². The summed E-state index contributed by atoms with van der Waals surface area (Å²) in [4.78, 5) is 11.4. The zero-order chi connectivity index (χ0) is 12.9. The molecule has 17 heavy (non-hydrogen) atoms. The monoisotopic (exact) mass is 231 g/mol. The van der Waals surface area contributed by atoms with Gasteiger partial charge in [0.25, 0.3) is 0 Å². The van der Waals surface area contributed by atoms with Crippen molar-refractivity contribution in [1.29, 1.82) is 0 Å². The molecule has 0 spiro atoms. The van der Waals surface area contributed by atoms with E-state index in [2.05, 4.69) is 11.3 Å². The van der Waals surface area contributed by atoms with Gasteiger partial charge in [-0.05, 0) is 18.1 Å². The molecule has 0 radical (unpaired) electrons. The summed E-state index contributed by atoms with van der Waals surface area (Å²) in [5.74, 6) is -0.500. The van der Waals surface area contributed by atoms with Crippen LogP contribution in [0.1, 0.15) is 12.5 Å². The molecule has 0 aliphatic heterocycles. The number of nitrogens with two attached hydrogens (primary N) is 1. The van der Waals surface area contributed by atoms with Crippen LogP contribution in [0.5, 0.6) is 0 Å². The van der Waals surface area contributed by atoms with E-state index >= 15 is 0 Å². The highest BCUT2D eigenvalue weighted by molar-refractivity contribution is 5.85. The molecule has 1 aromatic carbocycles. The Hall–Kier alpha value is -1.87. The van der Waals surface area contributed by atoms with E-state index in [1.54, 1.807) is 13.0 Å². The number of ether oxygens (including phenoxy) is 1. The number of carbonyl (C=O) groups is 1. The summed E-state index contributed by atoms with van der Waals surface area (Å²) in [6, 6.07) is 9.72. The Bertz CT molecular complexity index is 433. The third-order valence-corrected chi connectivity index (χ3v) is 2.55. The van der Waals surface area contributed by atoms with Crippen molar-refractivity contribution in [3.63, 3.8) is 0 Å². The molecule has 0 aliphatic carbocycles. The highest BCUT2D eigenvalue weighted by Gasteiger charge is 2.31. The van der Waals surface area contributed by atoms with Crippen LogP contribution in [0.25, 0.3) is 6.08 Å². The summed E-state index contributed by atoms with van der Waals surface area (Å²) < 4.78 is 4.63. The lowest BCUT2D eigenvalue weighted by molar-refractivity contribution is -0.144. The molecule has 0 fully saturated rings. The van der Waals surface area contributed by atoms with Gasteiger partial charge in [-0.25, -0.2) is 4.79 Å². The van der Waals surface area contributed by atoms with Crippen LogP contribution in [0.4, 0.5) is 0 Å². The van der Waals surface area contributed by atoms with Gasteiger partial charge in [0.1, 0.15) is 5.54 Å². The second kappa shape index (κ2) is 5.46. The van der Waals surface area contributed by atoms with E-state index in [1.807, 2.05) is 36.4 Å². The van der Waals surface area contributed by atoms with Gasteiger partial charge in [-0.3, -0.25) is 0 Å². The van der Waals surface area contributed by atoms with Crippen molar-refractivity contribution in [2.24, 2.45) is 5.73 Å². The quantitative estimate of drug-likeness (QED) is 0.638. The van der Waals surface area contributed by atoms with Crippen molar-refractivity contribution in [3.8, 4) is 0 Å². The first-order valence-corrected chi connectivity index (χ1v) is 5.28. The SMILES string of the molecule is C=C(/C=C/c1ccccc1)[C@](C)(N)C(=O)OC. The predicted molar refractivity (Wildman–Crippen MR) is 69.2 cm³/mol. The minimum atomic E-state index is -1.19. The van der Waals surface area contributed by atoms with E-state index < -0.39 is 11.5 Å². The second-order valence-electron chi connectivity index (χ2n) is 3.96. The van der Waals surface area contributed by atoms with E-state index in [9.17, 15) is 4.79 Å². The van der Waals surface area contributed by atoms with Gasteiger partial charge in [-0.1, -0.05) is 49.1 Å². The number of benzene rings is 1. The Morgan fingerprint density at radius 2 is 2.00 bits per heavy atom. The van der Waals surface area contributed by atoms with E-state index in [1.165, 1.54) is 7.11 Å². The molecule has 0 saturated heterocycles. The van der Waals surface area contributed by atoms with Crippen LogP contribution in [0, 0.1) is 0 Å². The molecule has 2 N–H and O–H groups in total. The molecule has 0 saturated carbocycles. The zero-order valence-electron chi connectivity index (χ0n) is 10.1. The third kappa shape index (κ3) is 3.29. The molecular weight excluding hydrogens is 214 g/mol. The van der Waals surface area contributed by atoms with Crippen molar-refractivity contribution in [2.45, 2.75) is 12.5 Å². The van der Waals surface area contributed by atoms with Gasteiger partial charge < -0.3 is 10.5 Å². The fourth-order valence-electron chi connectivity index (χ4n) is 1.28. The van der Waals surface area contributed by atoms with Crippen LogP contribution in [-0.2, 0) is 9.53 Å². The molecule has 0 aliphatic rings. The summed E-state index contributed by atoms with van der Waals surface area (Å²) in [5.41, 5.74) is 6.19. The number of rotatable bonds is 4. The second-order valence-corrected chi connectivity index (χ2v) is 3.96. The smallest absolute Gasteiger partial charge is 0.330 e. The van der Waals surface area contributed by atoms with Crippen molar-refractivity contribution in [1.82, 2.24) is 0 Å². The first-order valence-electron chi connectivity index (χ1n) is 5.28. The van der Waals surface area contributed by atoms with Crippen LogP contribution in [0.2, 0.25) is 0 Å². The van der Waals surface area contributed by atoms with Crippen LogP contribution in [0.15, 0.2) is 48.6 Å². The molecule has 1 atom stereocenters. The van der Waals surface area contributed by atoms with Gasteiger partial charge in [0.15, 0.2) is 0 Å². The van der Waals surface area contributed by atoms with Crippen LogP contribution >= 0.6 is 0 Å². The third-order valence-electron chi connectivity index (χ3n) is 2.55. The maximum absolute atomic E-state index is 11.4. The first kappa shape index (κ1) is 13.2. The number of hydrogen-bond donors (Lipinski definition) is 1. The van der Waals surface area contributed by atoms with E-state index in [0.29, 0.717) is 5.57 Å².